The first-order valence-corrected chi connectivity index (χ1v) is 7.30. The molecule has 1 heterocycles. The Morgan fingerprint density at radius 2 is 2.19 bits per heavy atom. The van der Waals surface area contributed by atoms with Gasteiger partial charge in [-0.3, -0.25) is 4.79 Å². The van der Waals surface area contributed by atoms with Gasteiger partial charge < -0.3 is 20.7 Å². The minimum atomic E-state index is -0.230. The van der Waals surface area contributed by atoms with Gasteiger partial charge in [0.15, 0.2) is 6.61 Å². The first-order valence-electron chi connectivity index (χ1n) is 7.30. The number of carbonyl (C=O) groups excluding carboxylic acids is 2. The van der Waals surface area contributed by atoms with Crippen molar-refractivity contribution < 1.29 is 14.3 Å². The molecule has 1 aromatic rings. The Morgan fingerprint density at radius 3 is 3.00 bits per heavy atom. The first-order chi connectivity index (χ1) is 10.2. The number of nitrogens with one attached hydrogen (secondary N) is 3. The van der Waals surface area contributed by atoms with Crippen molar-refractivity contribution in [3.63, 3.8) is 0 Å². The van der Waals surface area contributed by atoms with Crippen molar-refractivity contribution in [3.8, 4) is 5.75 Å². The van der Waals surface area contributed by atoms with E-state index in [2.05, 4.69) is 22.9 Å². The number of anilines is 2. The van der Waals surface area contributed by atoms with Gasteiger partial charge in [0.05, 0.1) is 5.69 Å². The van der Waals surface area contributed by atoms with Crippen molar-refractivity contribution in [2.24, 2.45) is 0 Å². The van der Waals surface area contributed by atoms with Crippen LogP contribution < -0.4 is 20.7 Å². The Labute approximate surface area is 124 Å². The Kier molecular flexibility index (Phi) is 5.43. The molecule has 21 heavy (non-hydrogen) atoms. The summed E-state index contributed by atoms with van der Waals surface area (Å²) >= 11 is 0. The van der Waals surface area contributed by atoms with E-state index in [-0.39, 0.29) is 18.5 Å². The number of hydrogen-bond acceptors (Lipinski definition) is 3. The van der Waals surface area contributed by atoms with Crippen LogP contribution >= 0.6 is 0 Å². The highest BCUT2D eigenvalue weighted by Gasteiger charge is 2.16. The normalized spacial score (nSPS) is 12.9. The maximum absolute atomic E-state index is 11.7. The van der Waals surface area contributed by atoms with Crippen molar-refractivity contribution in [1.29, 1.82) is 0 Å². The van der Waals surface area contributed by atoms with E-state index in [1.165, 1.54) is 12.8 Å². The molecule has 0 unspecified atom stereocenters. The average molecular weight is 291 g/mol. The van der Waals surface area contributed by atoms with Crippen LogP contribution in [-0.2, 0) is 4.79 Å². The Morgan fingerprint density at radius 1 is 1.33 bits per heavy atom. The van der Waals surface area contributed by atoms with Gasteiger partial charge >= 0.3 is 6.03 Å². The largest absolute Gasteiger partial charge is 0.482 e. The van der Waals surface area contributed by atoms with Crippen LogP contribution in [0.4, 0.5) is 16.2 Å². The van der Waals surface area contributed by atoms with E-state index in [1.54, 1.807) is 18.2 Å². The molecule has 2 rings (SSSR count). The number of carbonyl (C=O) groups is 2. The molecule has 6 nitrogen and oxygen atoms in total. The van der Waals surface area contributed by atoms with Gasteiger partial charge in [-0.25, -0.2) is 4.79 Å². The zero-order chi connectivity index (χ0) is 15.1. The summed E-state index contributed by atoms with van der Waals surface area (Å²) in [4.78, 5) is 22.9. The topological polar surface area (TPSA) is 79.5 Å². The Bertz CT molecular complexity index is 517. The Balaban J connectivity index is 1.80. The van der Waals surface area contributed by atoms with Crippen molar-refractivity contribution >= 4 is 23.3 Å². The quantitative estimate of drug-likeness (QED) is 0.705. The molecule has 0 radical (unpaired) electrons. The molecule has 0 atom stereocenters. The van der Waals surface area contributed by atoms with Crippen LogP contribution in [0.5, 0.6) is 5.75 Å². The SMILES string of the molecule is CCCCCCNC(=O)Nc1ccc2c(c1)OCC(=O)N2. The van der Waals surface area contributed by atoms with Gasteiger partial charge in [-0.1, -0.05) is 26.2 Å². The highest BCUT2D eigenvalue weighted by molar-refractivity contribution is 5.96. The highest BCUT2D eigenvalue weighted by atomic mass is 16.5. The van der Waals surface area contributed by atoms with Crippen LogP contribution in [0.1, 0.15) is 32.6 Å². The van der Waals surface area contributed by atoms with Gasteiger partial charge in [-0.2, -0.15) is 0 Å². The van der Waals surface area contributed by atoms with E-state index in [0.29, 0.717) is 23.7 Å². The molecular weight excluding hydrogens is 270 g/mol. The second kappa shape index (κ2) is 7.52. The molecule has 3 amide bonds. The number of benzene rings is 1. The molecule has 3 N–H and O–H groups in total. The van der Waals surface area contributed by atoms with Crippen LogP contribution in [0.25, 0.3) is 0 Å². The predicted octanol–water partition coefficient (Wildman–Crippen LogP) is 2.72. The molecule has 0 spiro atoms. The monoisotopic (exact) mass is 291 g/mol. The molecule has 0 saturated carbocycles. The average Bonchev–Trinajstić information content (AvgIpc) is 2.47. The van der Waals surface area contributed by atoms with Crippen LogP contribution in [0.2, 0.25) is 0 Å². The summed E-state index contributed by atoms with van der Waals surface area (Å²) in [5.74, 6) is 0.392. The van der Waals surface area contributed by atoms with Crippen molar-refractivity contribution in [2.75, 3.05) is 23.8 Å². The summed E-state index contributed by atoms with van der Waals surface area (Å²) < 4.78 is 5.30. The third-order valence-electron chi connectivity index (χ3n) is 3.19. The smallest absolute Gasteiger partial charge is 0.319 e. The molecule has 1 aliphatic rings. The maximum Gasteiger partial charge on any atom is 0.319 e. The minimum absolute atomic E-state index is 0.0000777. The second-order valence-electron chi connectivity index (χ2n) is 4.99. The highest BCUT2D eigenvalue weighted by Crippen LogP contribution is 2.30. The predicted molar refractivity (Wildman–Crippen MR) is 81.7 cm³/mol. The number of fused-ring (bicyclic) bond motifs is 1. The van der Waals surface area contributed by atoms with Crippen molar-refractivity contribution in [3.05, 3.63) is 18.2 Å². The van der Waals surface area contributed by atoms with Gasteiger partial charge in [0.2, 0.25) is 0 Å². The molecule has 0 fully saturated rings. The van der Waals surface area contributed by atoms with Crippen LogP contribution in [0.15, 0.2) is 18.2 Å². The molecular formula is C15H21N3O3. The van der Waals surface area contributed by atoms with E-state index in [4.69, 9.17) is 4.74 Å². The summed E-state index contributed by atoms with van der Waals surface area (Å²) in [5.41, 5.74) is 1.26. The number of ether oxygens (including phenoxy) is 1. The maximum atomic E-state index is 11.7. The first kappa shape index (κ1) is 15.2. The number of amides is 3. The fourth-order valence-corrected chi connectivity index (χ4v) is 2.08. The zero-order valence-corrected chi connectivity index (χ0v) is 12.2. The standard InChI is InChI=1S/C15H21N3O3/c1-2-3-4-5-8-16-15(20)17-11-6-7-12-13(9-11)21-10-14(19)18-12/h6-7,9H,2-5,8,10H2,1H3,(H,18,19)(H2,16,17,20). The van der Waals surface area contributed by atoms with Crippen LogP contribution in [0.3, 0.4) is 0 Å². The third kappa shape index (κ3) is 4.66. The number of unbranched alkanes of at least 4 members (excludes halogenated alkanes) is 3. The van der Waals surface area contributed by atoms with E-state index in [9.17, 15) is 9.59 Å². The molecule has 6 heteroatoms. The minimum Gasteiger partial charge on any atom is -0.482 e. The summed E-state index contributed by atoms with van der Waals surface area (Å²) in [6.07, 6.45) is 4.48. The van der Waals surface area contributed by atoms with E-state index < -0.39 is 0 Å². The molecule has 0 bridgehead atoms. The molecule has 1 aromatic carbocycles. The van der Waals surface area contributed by atoms with E-state index in [1.807, 2.05) is 0 Å². The molecule has 0 aliphatic carbocycles. The van der Waals surface area contributed by atoms with Gasteiger partial charge in [0.1, 0.15) is 5.75 Å². The van der Waals surface area contributed by atoms with Crippen molar-refractivity contribution in [1.82, 2.24) is 5.32 Å². The second-order valence-corrected chi connectivity index (χ2v) is 4.99. The summed E-state index contributed by atoms with van der Waals surface area (Å²) in [6.45, 7) is 2.82. The fraction of sp³-hybridized carbons (Fsp3) is 0.467. The van der Waals surface area contributed by atoms with Gasteiger partial charge in [-0.05, 0) is 18.6 Å². The molecule has 0 aromatic heterocycles. The molecule has 114 valence electrons. The number of hydrogen-bond donors (Lipinski definition) is 3. The molecule has 1 aliphatic heterocycles. The number of rotatable bonds is 6. The Hall–Kier alpha value is -2.24. The summed E-state index contributed by atoms with van der Waals surface area (Å²) in [6, 6.07) is 4.91. The van der Waals surface area contributed by atoms with Gasteiger partial charge in [0.25, 0.3) is 5.91 Å². The summed E-state index contributed by atoms with van der Waals surface area (Å²) in [5, 5.41) is 8.27. The lowest BCUT2D eigenvalue weighted by Crippen LogP contribution is -2.30. The van der Waals surface area contributed by atoms with Crippen LogP contribution in [-0.4, -0.2) is 25.1 Å². The third-order valence-corrected chi connectivity index (χ3v) is 3.19. The van der Waals surface area contributed by atoms with Gasteiger partial charge in [0, 0.05) is 18.3 Å². The van der Waals surface area contributed by atoms with E-state index >= 15 is 0 Å². The van der Waals surface area contributed by atoms with E-state index in [0.717, 1.165) is 12.8 Å². The zero-order valence-electron chi connectivity index (χ0n) is 12.2. The lowest BCUT2D eigenvalue weighted by atomic mass is 10.2. The molecule has 0 saturated heterocycles. The van der Waals surface area contributed by atoms with Crippen LogP contribution in [0, 0.1) is 0 Å². The van der Waals surface area contributed by atoms with Gasteiger partial charge in [-0.15, -0.1) is 0 Å². The lowest BCUT2D eigenvalue weighted by Gasteiger charge is -2.18. The fourth-order valence-electron chi connectivity index (χ4n) is 2.08. The lowest BCUT2D eigenvalue weighted by molar-refractivity contribution is -0.118. The summed E-state index contributed by atoms with van der Waals surface area (Å²) in [7, 11) is 0. The number of urea groups is 1. The van der Waals surface area contributed by atoms with Crippen molar-refractivity contribution in [2.45, 2.75) is 32.6 Å².